The van der Waals surface area contributed by atoms with Gasteiger partial charge in [-0.3, -0.25) is 14.3 Å². The molecule has 1 aromatic carbocycles. The Morgan fingerprint density at radius 1 is 1.21 bits per heavy atom. The van der Waals surface area contributed by atoms with E-state index in [9.17, 15) is 9.59 Å². The Hall–Kier alpha value is -2.86. The average molecular weight is 344 g/mol. The van der Waals surface area contributed by atoms with E-state index >= 15 is 0 Å². The summed E-state index contributed by atoms with van der Waals surface area (Å²) in [5, 5.41) is 7.05. The largest absolute Gasteiger partial charge is 0.459 e. The lowest BCUT2D eigenvalue weighted by Crippen LogP contribution is -2.30. The molecule has 0 bridgehead atoms. The third-order valence-electron chi connectivity index (χ3n) is 3.39. The summed E-state index contributed by atoms with van der Waals surface area (Å²) in [6, 6.07) is 10.8. The Kier molecular flexibility index (Phi) is 4.48. The van der Waals surface area contributed by atoms with Gasteiger partial charge in [0.1, 0.15) is 11.5 Å². The molecule has 3 rings (SSSR count). The lowest BCUT2D eigenvalue weighted by Gasteiger charge is -2.01. The predicted molar refractivity (Wildman–Crippen MR) is 88.5 cm³/mol. The van der Waals surface area contributed by atoms with E-state index in [1.54, 1.807) is 31.3 Å². The lowest BCUT2D eigenvalue weighted by molar-refractivity contribution is -0.117. The topological polar surface area (TPSA) is 77.1 Å². The van der Waals surface area contributed by atoms with Gasteiger partial charge in [-0.2, -0.15) is 5.10 Å². The van der Waals surface area contributed by atoms with E-state index in [2.05, 4.69) is 10.4 Å². The van der Waals surface area contributed by atoms with Crippen molar-refractivity contribution in [3.63, 3.8) is 0 Å². The van der Waals surface area contributed by atoms with Crippen LogP contribution >= 0.6 is 11.6 Å². The minimum atomic E-state index is -0.701. The van der Waals surface area contributed by atoms with Crippen LogP contribution in [0.2, 0.25) is 5.02 Å². The number of furan rings is 1. The molecule has 0 aliphatic heterocycles. The molecular weight excluding hydrogens is 330 g/mol. The first-order valence-electron chi connectivity index (χ1n) is 7.19. The number of rotatable bonds is 5. The molecule has 7 heteroatoms. The molecule has 0 atom stereocenters. The number of benzene rings is 1. The Bertz CT molecular complexity index is 881. The zero-order valence-corrected chi connectivity index (χ0v) is 13.6. The summed E-state index contributed by atoms with van der Waals surface area (Å²) in [5.41, 5.74) is 1.12. The third kappa shape index (κ3) is 3.55. The number of hydrogen-bond donors (Lipinski definition) is 1. The molecule has 2 heterocycles. The van der Waals surface area contributed by atoms with E-state index in [1.807, 2.05) is 12.1 Å². The second-order valence-corrected chi connectivity index (χ2v) is 5.62. The minimum Gasteiger partial charge on any atom is -0.459 e. The Morgan fingerprint density at radius 3 is 2.62 bits per heavy atom. The van der Waals surface area contributed by atoms with Crippen molar-refractivity contribution in [2.75, 3.05) is 0 Å². The van der Waals surface area contributed by atoms with E-state index in [0.717, 1.165) is 5.56 Å². The monoisotopic (exact) mass is 343 g/mol. The molecule has 1 amide bonds. The zero-order valence-electron chi connectivity index (χ0n) is 12.8. The maximum absolute atomic E-state index is 11.9. The van der Waals surface area contributed by atoms with Crippen LogP contribution in [0.4, 0.5) is 0 Å². The fourth-order valence-corrected chi connectivity index (χ4v) is 2.29. The molecule has 122 valence electrons. The minimum absolute atomic E-state index is 0.123. The van der Waals surface area contributed by atoms with E-state index in [1.165, 1.54) is 17.1 Å². The Balaban J connectivity index is 1.62. The Labute approximate surface area is 143 Å². The number of Topliss-reactive ketones (excluding diaryl/α,β-unsaturated/α-hetero) is 1. The summed E-state index contributed by atoms with van der Waals surface area (Å²) < 4.78 is 7.13. The number of carbonyl (C=O) groups is 2. The molecule has 3 aromatic rings. The second kappa shape index (κ2) is 6.72. The van der Waals surface area contributed by atoms with E-state index < -0.39 is 11.7 Å². The van der Waals surface area contributed by atoms with Crippen LogP contribution < -0.4 is 5.32 Å². The molecule has 2 aromatic heterocycles. The van der Waals surface area contributed by atoms with E-state index in [0.29, 0.717) is 16.5 Å². The van der Waals surface area contributed by atoms with Crippen LogP contribution in [0.15, 0.2) is 53.2 Å². The standard InChI is InChI=1S/C17H14ClN3O3/c1-21-10-12(8-20-21)16(22)17(23)19-9-14-6-7-15(24-14)11-2-4-13(18)5-3-11/h2-8,10H,9H2,1H3,(H,19,23). The smallest absolute Gasteiger partial charge is 0.292 e. The normalized spacial score (nSPS) is 10.6. The highest BCUT2D eigenvalue weighted by atomic mass is 35.5. The van der Waals surface area contributed by atoms with Crippen LogP contribution in [0.1, 0.15) is 16.1 Å². The van der Waals surface area contributed by atoms with Crippen LogP contribution in [0.5, 0.6) is 0 Å². The maximum atomic E-state index is 11.9. The predicted octanol–water partition coefficient (Wildman–Crippen LogP) is 2.83. The van der Waals surface area contributed by atoms with Crippen molar-refractivity contribution in [1.82, 2.24) is 15.1 Å². The van der Waals surface area contributed by atoms with Crippen molar-refractivity contribution in [2.24, 2.45) is 7.05 Å². The lowest BCUT2D eigenvalue weighted by atomic mass is 10.2. The van der Waals surface area contributed by atoms with Crippen LogP contribution in [-0.4, -0.2) is 21.5 Å². The summed E-state index contributed by atoms with van der Waals surface area (Å²) in [7, 11) is 1.68. The van der Waals surface area contributed by atoms with Crippen molar-refractivity contribution in [3.8, 4) is 11.3 Å². The van der Waals surface area contributed by atoms with Crippen LogP contribution in [0, 0.1) is 0 Å². The van der Waals surface area contributed by atoms with Crippen LogP contribution in [0.25, 0.3) is 11.3 Å². The summed E-state index contributed by atoms with van der Waals surface area (Å²) in [6.07, 6.45) is 2.85. The fourth-order valence-electron chi connectivity index (χ4n) is 2.16. The van der Waals surface area contributed by atoms with Gasteiger partial charge < -0.3 is 9.73 Å². The third-order valence-corrected chi connectivity index (χ3v) is 3.64. The molecule has 1 N–H and O–H groups in total. The molecule has 0 saturated heterocycles. The van der Waals surface area contributed by atoms with Gasteiger partial charge in [-0.25, -0.2) is 0 Å². The Morgan fingerprint density at radius 2 is 1.96 bits per heavy atom. The van der Waals surface area contributed by atoms with Crippen molar-refractivity contribution < 1.29 is 14.0 Å². The van der Waals surface area contributed by atoms with E-state index in [4.69, 9.17) is 16.0 Å². The van der Waals surface area contributed by atoms with Gasteiger partial charge >= 0.3 is 0 Å². The number of carbonyl (C=O) groups excluding carboxylic acids is 2. The highest BCUT2D eigenvalue weighted by Gasteiger charge is 2.18. The summed E-state index contributed by atoms with van der Waals surface area (Å²) >= 11 is 5.85. The molecule has 6 nitrogen and oxygen atoms in total. The average Bonchev–Trinajstić information content (AvgIpc) is 3.22. The molecular formula is C17H14ClN3O3. The first-order chi connectivity index (χ1) is 11.5. The number of nitrogens with one attached hydrogen (secondary N) is 1. The van der Waals surface area contributed by atoms with E-state index in [-0.39, 0.29) is 12.1 Å². The van der Waals surface area contributed by atoms with Gasteiger partial charge in [0.25, 0.3) is 11.7 Å². The molecule has 0 aliphatic rings. The molecule has 24 heavy (non-hydrogen) atoms. The van der Waals surface area contributed by atoms with Crippen molar-refractivity contribution in [2.45, 2.75) is 6.54 Å². The van der Waals surface area contributed by atoms with Crippen molar-refractivity contribution >= 4 is 23.3 Å². The summed E-state index contributed by atoms with van der Waals surface area (Å²) in [4.78, 5) is 23.8. The van der Waals surface area contributed by atoms with Crippen molar-refractivity contribution in [3.05, 3.63) is 65.1 Å². The fraction of sp³-hybridized carbons (Fsp3) is 0.118. The highest BCUT2D eigenvalue weighted by Crippen LogP contribution is 2.23. The number of aromatic nitrogens is 2. The van der Waals surface area contributed by atoms with Crippen LogP contribution in [-0.2, 0) is 18.4 Å². The number of amides is 1. The number of nitrogens with zero attached hydrogens (tertiary/aromatic N) is 2. The summed E-state index contributed by atoms with van der Waals surface area (Å²) in [6.45, 7) is 0.123. The summed E-state index contributed by atoms with van der Waals surface area (Å²) in [5.74, 6) is -0.123. The number of aryl methyl sites for hydroxylation is 1. The van der Waals surface area contributed by atoms with Gasteiger partial charge in [-0.15, -0.1) is 0 Å². The van der Waals surface area contributed by atoms with Gasteiger partial charge in [0.05, 0.1) is 18.3 Å². The second-order valence-electron chi connectivity index (χ2n) is 5.19. The quantitative estimate of drug-likeness (QED) is 0.571. The molecule has 0 radical (unpaired) electrons. The molecule has 0 aliphatic carbocycles. The highest BCUT2D eigenvalue weighted by molar-refractivity contribution is 6.42. The SMILES string of the molecule is Cn1cc(C(=O)C(=O)NCc2ccc(-c3ccc(Cl)cc3)o2)cn1. The van der Waals surface area contributed by atoms with Crippen LogP contribution in [0.3, 0.4) is 0 Å². The number of hydrogen-bond acceptors (Lipinski definition) is 4. The molecule has 0 fully saturated rings. The maximum Gasteiger partial charge on any atom is 0.292 e. The van der Waals surface area contributed by atoms with Crippen molar-refractivity contribution in [1.29, 1.82) is 0 Å². The molecule has 0 saturated carbocycles. The number of halogens is 1. The van der Waals surface area contributed by atoms with Gasteiger partial charge in [0.15, 0.2) is 0 Å². The number of ketones is 1. The van der Waals surface area contributed by atoms with Gasteiger partial charge in [0.2, 0.25) is 0 Å². The first-order valence-corrected chi connectivity index (χ1v) is 7.56. The molecule has 0 unspecified atom stereocenters. The van der Waals surface area contributed by atoms with Gasteiger partial charge in [0, 0.05) is 23.8 Å². The van der Waals surface area contributed by atoms with Gasteiger partial charge in [-0.1, -0.05) is 11.6 Å². The van der Waals surface area contributed by atoms with Gasteiger partial charge in [-0.05, 0) is 36.4 Å². The first kappa shape index (κ1) is 16.0. The molecule has 0 spiro atoms. The zero-order chi connectivity index (χ0) is 17.1.